The Morgan fingerprint density at radius 3 is 2.88 bits per heavy atom. The molecule has 1 aliphatic heterocycles. The Bertz CT molecular complexity index is 773. The number of rotatable bonds is 4. The van der Waals surface area contributed by atoms with Gasteiger partial charge < -0.3 is 15.2 Å². The minimum absolute atomic E-state index is 0.0317. The number of hydrogen-bond acceptors (Lipinski definition) is 8. The Balaban J connectivity index is 1.78. The summed E-state index contributed by atoms with van der Waals surface area (Å²) in [6.45, 7) is 1.23. The van der Waals surface area contributed by atoms with Crippen LogP contribution < -0.4 is 10.5 Å². The van der Waals surface area contributed by atoms with Crippen molar-refractivity contribution in [2.45, 2.75) is 12.8 Å². The highest BCUT2D eigenvalue weighted by molar-refractivity contribution is 5.56. The fourth-order valence-corrected chi connectivity index (χ4v) is 2.37. The van der Waals surface area contributed by atoms with Crippen LogP contribution in [0.15, 0.2) is 18.6 Å². The summed E-state index contributed by atoms with van der Waals surface area (Å²) in [5.41, 5.74) is 5.07. The van der Waals surface area contributed by atoms with Crippen molar-refractivity contribution in [2.75, 3.05) is 25.6 Å². The topological polar surface area (TPSA) is 120 Å². The van der Waals surface area contributed by atoms with E-state index in [9.17, 15) is 9.65 Å². The summed E-state index contributed by atoms with van der Waals surface area (Å²) in [7, 11) is 0. The van der Waals surface area contributed by atoms with E-state index in [1.54, 1.807) is 0 Å². The number of aromatic nitrogens is 4. The molecule has 8 nitrogen and oxygen atoms in total. The van der Waals surface area contributed by atoms with Gasteiger partial charge in [-0.2, -0.15) is 5.26 Å². The molecular weight excluding hydrogens is 315 g/mol. The lowest BCUT2D eigenvalue weighted by Gasteiger charge is -2.30. The third-order valence-electron chi connectivity index (χ3n) is 3.83. The molecule has 2 N–H and O–H groups in total. The van der Waals surface area contributed by atoms with Crippen molar-refractivity contribution in [1.29, 1.82) is 5.26 Å². The van der Waals surface area contributed by atoms with Crippen molar-refractivity contribution in [2.24, 2.45) is 5.41 Å². The first-order chi connectivity index (χ1) is 11.6. The Hall–Kier alpha value is -2.86. The van der Waals surface area contributed by atoms with Gasteiger partial charge in [0.25, 0.3) is 0 Å². The second-order valence-corrected chi connectivity index (χ2v) is 5.46. The Labute approximate surface area is 137 Å². The highest BCUT2D eigenvalue weighted by Crippen LogP contribution is 2.30. The van der Waals surface area contributed by atoms with Gasteiger partial charge in [-0.05, 0) is 12.8 Å². The van der Waals surface area contributed by atoms with Gasteiger partial charge in [0.2, 0.25) is 11.8 Å². The number of hydrogen-bond donors (Lipinski definition) is 1. The van der Waals surface area contributed by atoms with E-state index < -0.39 is 11.2 Å². The molecule has 0 saturated carbocycles. The molecule has 0 atom stereocenters. The summed E-state index contributed by atoms with van der Waals surface area (Å²) in [5, 5.41) is 9.42. The fourth-order valence-electron chi connectivity index (χ4n) is 2.37. The van der Waals surface area contributed by atoms with Gasteiger partial charge in [-0.15, -0.1) is 0 Å². The number of nitriles is 1. The molecule has 0 amide bonds. The molecule has 0 aromatic carbocycles. The first-order valence-electron chi connectivity index (χ1n) is 7.34. The number of nitrogen functional groups attached to an aromatic ring is 1. The van der Waals surface area contributed by atoms with Crippen molar-refractivity contribution in [1.82, 2.24) is 19.9 Å². The Morgan fingerprint density at radius 2 is 2.12 bits per heavy atom. The van der Waals surface area contributed by atoms with Gasteiger partial charge >= 0.3 is 0 Å². The maximum Gasteiger partial charge on any atom is 0.220 e. The predicted molar refractivity (Wildman–Crippen MR) is 81.0 cm³/mol. The summed E-state index contributed by atoms with van der Waals surface area (Å²) in [6, 6.07) is 3.76. The van der Waals surface area contributed by atoms with Crippen molar-refractivity contribution < 1.29 is 13.9 Å². The van der Waals surface area contributed by atoms with E-state index in [1.165, 1.54) is 12.4 Å². The van der Waals surface area contributed by atoms with E-state index in [0.717, 1.165) is 6.20 Å². The van der Waals surface area contributed by atoms with E-state index in [1.807, 2.05) is 0 Å². The molecule has 2 aromatic heterocycles. The lowest BCUT2D eigenvalue weighted by Crippen LogP contribution is -2.34. The number of ether oxygens (including phenoxy) is 2. The predicted octanol–water partition coefficient (Wildman–Crippen LogP) is 1.35. The van der Waals surface area contributed by atoms with Crippen molar-refractivity contribution in [3.63, 3.8) is 0 Å². The van der Waals surface area contributed by atoms with E-state index in [4.69, 9.17) is 15.2 Å². The van der Waals surface area contributed by atoms with E-state index in [2.05, 4.69) is 26.0 Å². The summed E-state index contributed by atoms with van der Waals surface area (Å²) in [6.07, 6.45) is 3.41. The first-order valence-corrected chi connectivity index (χ1v) is 7.34. The largest absolute Gasteiger partial charge is 0.476 e. The third-order valence-corrected chi connectivity index (χ3v) is 3.83. The average Bonchev–Trinajstić information content (AvgIpc) is 2.63. The van der Waals surface area contributed by atoms with Crippen molar-refractivity contribution in [3.8, 4) is 23.3 Å². The zero-order chi connectivity index (χ0) is 17.0. The van der Waals surface area contributed by atoms with E-state index in [0.29, 0.717) is 26.1 Å². The second-order valence-electron chi connectivity index (χ2n) is 5.46. The highest BCUT2D eigenvalue weighted by atomic mass is 19.1. The van der Waals surface area contributed by atoms with Gasteiger partial charge in [-0.1, -0.05) is 0 Å². The van der Waals surface area contributed by atoms with Gasteiger partial charge in [0, 0.05) is 19.3 Å². The van der Waals surface area contributed by atoms with Gasteiger partial charge in [0.15, 0.2) is 5.82 Å². The van der Waals surface area contributed by atoms with Crippen LogP contribution in [0.4, 0.5) is 10.3 Å². The molecule has 1 saturated heterocycles. The molecule has 3 heterocycles. The van der Waals surface area contributed by atoms with Gasteiger partial charge in [0.05, 0.1) is 23.4 Å². The minimum Gasteiger partial charge on any atom is -0.476 e. The van der Waals surface area contributed by atoms with E-state index >= 15 is 0 Å². The third kappa shape index (κ3) is 3.38. The molecular formula is C15H15FN6O2. The standard InChI is InChI=1S/C15H15FN6O2/c16-10-6-19-14(18)22-13(10)11-5-12(21-9-20-11)24-8-15(7-17)1-3-23-4-2-15/h5-6,9H,1-4,8H2,(H2,18,19,22). The molecule has 1 fully saturated rings. The second kappa shape index (κ2) is 6.72. The molecule has 24 heavy (non-hydrogen) atoms. The molecule has 124 valence electrons. The van der Waals surface area contributed by atoms with Gasteiger partial charge in [-0.3, -0.25) is 0 Å². The molecule has 1 aliphatic rings. The molecule has 0 aliphatic carbocycles. The number of halogens is 1. The maximum absolute atomic E-state index is 13.8. The smallest absolute Gasteiger partial charge is 0.220 e. The minimum atomic E-state index is -0.647. The SMILES string of the molecule is N#CC1(COc2cc(-c3nc(N)ncc3F)ncn2)CCOCC1. The molecule has 3 rings (SSSR count). The fraction of sp³-hybridized carbons (Fsp3) is 0.400. The maximum atomic E-state index is 13.8. The summed E-state index contributed by atoms with van der Waals surface area (Å²) in [5.74, 6) is -0.470. The Morgan fingerprint density at radius 1 is 1.33 bits per heavy atom. The van der Waals surface area contributed by atoms with Crippen LogP contribution in [-0.2, 0) is 4.74 Å². The zero-order valence-electron chi connectivity index (χ0n) is 12.8. The van der Waals surface area contributed by atoms with Crippen LogP contribution in [0.5, 0.6) is 5.88 Å². The lowest BCUT2D eigenvalue weighted by molar-refractivity contribution is 0.0183. The number of nitrogens with two attached hydrogens (primary N) is 1. The monoisotopic (exact) mass is 330 g/mol. The average molecular weight is 330 g/mol. The van der Waals surface area contributed by atoms with Crippen LogP contribution in [0.2, 0.25) is 0 Å². The van der Waals surface area contributed by atoms with Crippen molar-refractivity contribution in [3.05, 3.63) is 24.4 Å². The van der Waals surface area contributed by atoms with Gasteiger partial charge in [-0.25, -0.2) is 24.3 Å². The quantitative estimate of drug-likeness (QED) is 0.892. The molecule has 0 unspecified atom stereocenters. The van der Waals surface area contributed by atoms with Crippen LogP contribution in [0.1, 0.15) is 12.8 Å². The lowest BCUT2D eigenvalue weighted by atomic mass is 9.83. The highest BCUT2D eigenvalue weighted by Gasteiger charge is 2.34. The first kappa shape index (κ1) is 16.0. The van der Waals surface area contributed by atoms with Gasteiger partial charge in [0.1, 0.15) is 18.6 Å². The molecule has 2 aromatic rings. The van der Waals surface area contributed by atoms with Crippen LogP contribution in [0.3, 0.4) is 0 Å². The zero-order valence-corrected chi connectivity index (χ0v) is 12.8. The molecule has 0 spiro atoms. The van der Waals surface area contributed by atoms with Crippen LogP contribution in [0, 0.1) is 22.6 Å². The summed E-state index contributed by atoms with van der Waals surface area (Å²) in [4.78, 5) is 15.4. The van der Waals surface area contributed by atoms with E-state index in [-0.39, 0.29) is 29.8 Å². The summed E-state index contributed by atoms with van der Waals surface area (Å²) >= 11 is 0. The number of nitrogens with zero attached hydrogens (tertiary/aromatic N) is 5. The molecule has 0 radical (unpaired) electrons. The van der Waals surface area contributed by atoms with Crippen LogP contribution in [-0.4, -0.2) is 39.8 Å². The molecule has 0 bridgehead atoms. The van der Waals surface area contributed by atoms with Crippen molar-refractivity contribution >= 4 is 5.95 Å². The normalized spacial score (nSPS) is 16.3. The summed E-state index contributed by atoms with van der Waals surface area (Å²) < 4.78 is 24.8. The number of anilines is 1. The Kier molecular flexibility index (Phi) is 4.48. The molecule has 9 heteroatoms. The van der Waals surface area contributed by atoms with Crippen LogP contribution >= 0.6 is 0 Å². The van der Waals surface area contributed by atoms with Crippen LogP contribution in [0.25, 0.3) is 11.4 Å².